The summed E-state index contributed by atoms with van der Waals surface area (Å²) in [7, 11) is 3.86. The molecule has 0 N–H and O–H groups in total. The average molecular weight is 235 g/mol. The van der Waals surface area contributed by atoms with Gasteiger partial charge >= 0.3 is 0 Å². The van der Waals surface area contributed by atoms with Gasteiger partial charge < -0.3 is 4.90 Å². The second kappa shape index (κ2) is 6.30. The van der Waals surface area contributed by atoms with Crippen molar-refractivity contribution in [1.82, 2.24) is 4.90 Å². The van der Waals surface area contributed by atoms with Crippen molar-refractivity contribution in [2.45, 2.75) is 6.92 Å². The molecule has 0 aromatic heterocycles. The van der Waals surface area contributed by atoms with E-state index in [2.05, 4.69) is 0 Å². The molecule has 1 unspecified atom stereocenters. The van der Waals surface area contributed by atoms with Gasteiger partial charge in [0.25, 0.3) is 0 Å². The van der Waals surface area contributed by atoms with Crippen molar-refractivity contribution >= 4 is 11.9 Å². The van der Waals surface area contributed by atoms with Gasteiger partial charge in [-0.1, -0.05) is 25.1 Å². The Bertz CT molecular complexity index is 412. The van der Waals surface area contributed by atoms with E-state index in [4.69, 9.17) is 0 Å². The van der Waals surface area contributed by atoms with Gasteiger partial charge in [-0.25, -0.2) is 4.39 Å². The SMILES string of the molecule is CC(CN(C)C)C(=O)/C=C/c1cccc(F)c1. The topological polar surface area (TPSA) is 20.3 Å². The maximum absolute atomic E-state index is 12.9. The molecule has 1 aromatic carbocycles. The van der Waals surface area contributed by atoms with Gasteiger partial charge in [0.2, 0.25) is 0 Å². The number of halogens is 1. The van der Waals surface area contributed by atoms with Gasteiger partial charge in [-0.2, -0.15) is 0 Å². The number of carbonyl (C=O) groups excluding carboxylic acids is 1. The van der Waals surface area contributed by atoms with Crippen molar-refractivity contribution in [2.24, 2.45) is 5.92 Å². The summed E-state index contributed by atoms with van der Waals surface area (Å²) < 4.78 is 12.9. The van der Waals surface area contributed by atoms with E-state index in [0.717, 1.165) is 0 Å². The summed E-state index contributed by atoms with van der Waals surface area (Å²) in [5, 5.41) is 0. The summed E-state index contributed by atoms with van der Waals surface area (Å²) in [4.78, 5) is 13.7. The monoisotopic (exact) mass is 235 g/mol. The molecule has 3 heteroatoms. The van der Waals surface area contributed by atoms with E-state index in [1.807, 2.05) is 25.9 Å². The maximum atomic E-state index is 12.9. The van der Waals surface area contributed by atoms with Crippen LogP contribution in [0.1, 0.15) is 12.5 Å². The van der Waals surface area contributed by atoms with E-state index in [9.17, 15) is 9.18 Å². The van der Waals surface area contributed by atoms with Gasteiger partial charge in [-0.3, -0.25) is 4.79 Å². The fourth-order valence-electron chi connectivity index (χ4n) is 1.59. The van der Waals surface area contributed by atoms with Crippen LogP contribution in [0.3, 0.4) is 0 Å². The molecule has 0 amide bonds. The van der Waals surface area contributed by atoms with Crippen molar-refractivity contribution in [3.8, 4) is 0 Å². The largest absolute Gasteiger partial charge is 0.309 e. The van der Waals surface area contributed by atoms with Crippen molar-refractivity contribution in [1.29, 1.82) is 0 Å². The number of hydrogen-bond donors (Lipinski definition) is 0. The third-order valence-corrected chi connectivity index (χ3v) is 2.41. The van der Waals surface area contributed by atoms with Crippen molar-refractivity contribution in [3.05, 3.63) is 41.7 Å². The molecule has 1 rings (SSSR count). The fraction of sp³-hybridized carbons (Fsp3) is 0.357. The van der Waals surface area contributed by atoms with E-state index >= 15 is 0 Å². The van der Waals surface area contributed by atoms with Gasteiger partial charge in [0, 0.05) is 12.5 Å². The van der Waals surface area contributed by atoms with E-state index in [-0.39, 0.29) is 17.5 Å². The molecule has 17 heavy (non-hydrogen) atoms. The third-order valence-electron chi connectivity index (χ3n) is 2.41. The van der Waals surface area contributed by atoms with E-state index in [1.54, 1.807) is 18.2 Å². The number of hydrogen-bond acceptors (Lipinski definition) is 2. The van der Waals surface area contributed by atoms with Crippen LogP contribution in [0.5, 0.6) is 0 Å². The Morgan fingerprint density at radius 1 is 1.47 bits per heavy atom. The number of carbonyl (C=O) groups is 1. The van der Waals surface area contributed by atoms with Crippen LogP contribution in [0.25, 0.3) is 6.08 Å². The van der Waals surface area contributed by atoms with Crippen LogP contribution in [-0.2, 0) is 4.79 Å². The number of benzene rings is 1. The van der Waals surface area contributed by atoms with Crippen LogP contribution >= 0.6 is 0 Å². The molecule has 0 saturated carbocycles. The molecule has 1 aromatic rings. The molecule has 0 radical (unpaired) electrons. The molecule has 0 aliphatic rings. The summed E-state index contributed by atoms with van der Waals surface area (Å²) in [6.45, 7) is 2.60. The Balaban J connectivity index is 2.62. The van der Waals surface area contributed by atoms with Crippen LogP contribution in [0.4, 0.5) is 4.39 Å². The summed E-state index contributed by atoms with van der Waals surface area (Å²) in [6, 6.07) is 6.18. The lowest BCUT2D eigenvalue weighted by Gasteiger charge is -2.13. The number of ketones is 1. The highest BCUT2D eigenvalue weighted by Crippen LogP contribution is 2.07. The van der Waals surface area contributed by atoms with Gasteiger partial charge in [0.05, 0.1) is 0 Å². The first-order valence-corrected chi connectivity index (χ1v) is 5.61. The van der Waals surface area contributed by atoms with Crippen LogP contribution < -0.4 is 0 Å². The molecule has 0 saturated heterocycles. The van der Waals surface area contributed by atoms with E-state index in [0.29, 0.717) is 12.1 Å². The Hall–Kier alpha value is -1.48. The van der Waals surface area contributed by atoms with Crippen LogP contribution in [-0.4, -0.2) is 31.3 Å². The molecule has 0 heterocycles. The zero-order chi connectivity index (χ0) is 12.8. The lowest BCUT2D eigenvalue weighted by atomic mass is 10.0. The molecule has 0 fully saturated rings. The maximum Gasteiger partial charge on any atom is 0.159 e. The van der Waals surface area contributed by atoms with Crippen LogP contribution in [0, 0.1) is 11.7 Å². The second-order valence-electron chi connectivity index (χ2n) is 4.45. The first-order valence-electron chi connectivity index (χ1n) is 5.61. The summed E-state index contributed by atoms with van der Waals surface area (Å²) in [5.74, 6) is -0.279. The fourth-order valence-corrected chi connectivity index (χ4v) is 1.59. The molecule has 0 spiro atoms. The minimum absolute atomic E-state index is 0.0465. The van der Waals surface area contributed by atoms with E-state index in [1.165, 1.54) is 18.2 Å². The van der Waals surface area contributed by atoms with Gasteiger partial charge in [-0.15, -0.1) is 0 Å². The summed E-state index contributed by atoms with van der Waals surface area (Å²) >= 11 is 0. The van der Waals surface area contributed by atoms with Crippen molar-refractivity contribution in [3.63, 3.8) is 0 Å². The predicted molar refractivity (Wildman–Crippen MR) is 68.2 cm³/mol. The minimum Gasteiger partial charge on any atom is -0.309 e. The smallest absolute Gasteiger partial charge is 0.159 e. The Morgan fingerprint density at radius 2 is 2.18 bits per heavy atom. The average Bonchev–Trinajstić information content (AvgIpc) is 2.25. The lowest BCUT2D eigenvalue weighted by molar-refractivity contribution is -0.118. The Labute approximate surface area is 102 Å². The molecule has 0 bridgehead atoms. The standard InChI is InChI=1S/C14H18FNO/c1-11(10-16(2)3)14(17)8-7-12-5-4-6-13(15)9-12/h4-9,11H,10H2,1-3H3/b8-7+. The molecular weight excluding hydrogens is 217 g/mol. The zero-order valence-corrected chi connectivity index (χ0v) is 10.5. The first kappa shape index (κ1) is 13.6. The molecular formula is C14H18FNO. The quantitative estimate of drug-likeness (QED) is 0.731. The van der Waals surface area contributed by atoms with E-state index < -0.39 is 0 Å². The number of allylic oxidation sites excluding steroid dienone is 1. The lowest BCUT2D eigenvalue weighted by Crippen LogP contribution is -2.24. The summed E-state index contributed by atoms with van der Waals surface area (Å²) in [5.41, 5.74) is 0.704. The van der Waals surface area contributed by atoms with Crippen molar-refractivity contribution < 1.29 is 9.18 Å². The minimum atomic E-state index is -0.291. The molecule has 1 atom stereocenters. The van der Waals surface area contributed by atoms with Gasteiger partial charge in [0.1, 0.15) is 5.82 Å². The zero-order valence-electron chi connectivity index (χ0n) is 10.5. The molecule has 92 valence electrons. The first-order chi connectivity index (χ1) is 7.99. The Kier molecular flexibility index (Phi) is 5.04. The molecule has 0 aliphatic heterocycles. The highest BCUT2D eigenvalue weighted by molar-refractivity contribution is 5.95. The summed E-state index contributed by atoms with van der Waals surface area (Å²) in [6.07, 6.45) is 3.17. The van der Waals surface area contributed by atoms with Gasteiger partial charge in [-0.05, 0) is 37.9 Å². The molecule has 0 aliphatic carbocycles. The molecule has 2 nitrogen and oxygen atoms in total. The second-order valence-corrected chi connectivity index (χ2v) is 4.45. The van der Waals surface area contributed by atoms with Gasteiger partial charge in [0.15, 0.2) is 5.78 Å². The highest BCUT2D eigenvalue weighted by Gasteiger charge is 2.10. The number of nitrogens with zero attached hydrogens (tertiary/aromatic N) is 1. The van der Waals surface area contributed by atoms with Crippen LogP contribution in [0.15, 0.2) is 30.3 Å². The normalized spacial score (nSPS) is 13.2. The predicted octanol–water partition coefficient (Wildman–Crippen LogP) is 2.61. The third kappa shape index (κ3) is 4.91. The highest BCUT2D eigenvalue weighted by atomic mass is 19.1. The van der Waals surface area contributed by atoms with Crippen molar-refractivity contribution in [2.75, 3.05) is 20.6 Å². The Morgan fingerprint density at radius 3 is 2.76 bits per heavy atom. The number of rotatable bonds is 5. The van der Waals surface area contributed by atoms with Crippen LogP contribution in [0.2, 0.25) is 0 Å².